The number of carbonyl (C=O) groups excluding carboxylic acids is 2. The Bertz CT molecular complexity index is 548. The van der Waals surface area contributed by atoms with Crippen LogP contribution in [-0.4, -0.2) is 66.5 Å². The number of aliphatic hydroxyl groups excluding tert-OH is 2. The van der Waals surface area contributed by atoms with E-state index in [1.54, 1.807) is 4.94 Å². The maximum atomic E-state index is 11.7. The van der Waals surface area contributed by atoms with Crippen molar-refractivity contribution in [2.24, 2.45) is 5.73 Å². The molecular weight excluding hydrogens is 359 g/mol. The molecule has 0 bridgehead atoms. The quantitative estimate of drug-likeness (QED) is 0.417. The third-order valence-corrected chi connectivity index (χ3v) is 5.16. The van der Waals surface area contributed by atoms with Gasteiger partial charge >= 0.3 is 132 Å². The Morgan fingerprint density at radius 3 is 2.82 bits per heavy atom. The number of carbonyl (C=O) groups is 2. The molecule has 1 aromatic heterocycles. The first-order valence-corrected chi connectivity index (χ1v) is 8.71. The number of rotatable bonds is 6. The molecule has 1 saturated heterocycles. The van der Waals surface area contributed by atoms with Gasteiger partial charge in [0.15, 0.2) is 0 Å². The summed E-state index contributed by atoms with van der Waals surface area (Å²) in [5, 5.41) is 19.4. The number of ether oxygens (including phenoxy) is 2. The van der Waals surface area contributed by atoms with E-state index in [1.165, 1.54) is 0 Å². The molecule has 122 valence electrons. The van der Waals surface area contributed by atoms with Crippen molar-refractivity contribution in [3.8, 4) is 0 Å². The molecule has 9 heteroatoms. The average molecular weight is 377 g/mol. The van der Waals surface area contributed by atoms with Crippen molar-refractivity contribution in [3.63, 3.8) is 0 Å². The van der Waals surface area contributed by atoms with E-state index in [9.17, 15) is 19.8 Å². The Balaban J connectivity index is 2.21. The number of amides is 1. The van der Waals surface area contributed by atoms with Crippen molar-refractivity contribution < 1.29 is 29.3 Å². The minimum atomic E-state index is -1.15. The Kier molecular flexibility index (Phi) is 5.71. The van der Waals surface area contributed by atoms with E-state index in [0.29, 0.717) is 11.0 Å². The van der Waals surface area contributed by atoms with Gasteiger partial charge in [0.2, 0.25) is 0 Å². The number of nitrogens with zero attached hydrogens (tertiary/aromatic N) is 1. The topological polar surface area (TPSA) is 132 Å². The maximum absolute atomic E-state index is 11.7. The molecule has 1 aliphatic heterocycles. The number of aliphatic hydroxyl groups is 2. The Morgan fingerprint density at radius 2 is 2.27 bits per heavy atom. The zero-order chi connectivity index (χ0) is 16.3. The van der Waals surface area contributed by atoms with Crippen LogP contribution in [0, 0.1) is 0 Å². The molecule has 0 aromatic carbocycles. The van der Waals surface area contributed by atoms with E-state index >= 15 is 0 Å². The van der Waals surface area contributed by atoms with Crippen LogP contribution in [0.5, 0.6) is 0 Å². The number of hydrogen-bond acceptors (Lipinski definition) is 7. The first kappa shape index (κ1) is 17.1. The van der Waals surface area contributed by atoms with E-state index in [-0.39, 0.29) is 26.6 Å². The van der Waals surface area contributed by atoms with Gasteiger partial charge in [0.25, 0.3) is 0 Å². The van der Waals surface area contributed by atoms with E-state index < -0.39 is 42.9 Å². The predicted molar refractivity (Wildman–Crippen MR) is 75.2 cm³/mol. The monoisotopic (exact) mass is 378 g/mol. The number of primary amides is 1. The number of esters is 1. The molecule has 22 heavy (non-hydrogen) atoms. The van der Waals surface area contributed by atoms with Crippen LogP contribution >= 0.6 is 0 Å². The molecule has 1 amide bonds. The number of aromatic nitrogens is 1. The van der Waals surface area contributed by atoms with Crippen molar-refractivity contribution in [1.29, 1.82) is 0 Å². The van der Waals surface area contributed by atoms with Gasteiger partial charge in [0, 0.05) is 0 Å². The van der Waals surface area contributed by atoms with Gasteiger partial charge in [-0.25, -0.2) is 0 Å². The zero-order valence-corrected chi connectivity index (χ0v) is 13.7. The normalized spacial score (nSPS) is 27.8. The molecule has 1 fully saturated rings. The molecule has 2 heterocycles. The number of nitrogens with two attached hydrogens (primary N) is 1. The molecule has 8 nitrogen and oxygen atoms in total. The third-order valence-electron chi connectivity index (χ3n) is 3.26. The fraction of sp³-hybridized carbons (Fsp3) is 0.615. The fourth-order valence-corrected chi connectivity index (χ4v) is 4.00. The molecule has 0 spiro atoms. The fourth-order valence-electron chi connectivity index (χ4n) is 2.16. The van der Waals surface area contributed by atoms with Gasteiger partial charge in [-0.15, -0.1) is 0 Å². The molecule has 0 radical (unpaired) electrons. The molecule has 0 unspecified atom stereocenters. The van der Waals surface area contributed by atoms with Gasteiger partial charge in [-0.05, 0) is 0 Å². The van der Waals surface area contributed by atoms with Crippen LogP contribution in [0.4, 0.5) is 0 Å². The Hall–Kier alpha value is -1.25. The van der Waals surface area contributed by atoms with E-state index in [2.05, 4.69) is 4.98 Å². The standard InChI is InChI=1S/C13H18N2O6Se/c1-2-3-8(17)21-10-9(18)7(4-16)20-11(10)13-15-6(5-22-13)12(14)19/h5,7,9-11,16,18H,2-4H2,1H3,(H2,14,19)/t7-,9-,10-,11-/m1/s1. The average Bonchev–Trinajstić information content (AvgIpc) is 3.06. The van der Waals surface area contributed by atoms with Gasteiger partial charge < -0.3 is 0 Å². The van der Waals surface area contributed by atoms with Gasteiger partial charge in [-0.2, -0.15) is 0 Å². The second-order valence-electron chi connectivity index (χ2n) is 4.91. The van der Waals surface area contributed by atoms with Crippen LogP contribution in [-0.2, 0) is 14.3 Å². The van der Waals surface area contributed by atoms with Crippen LogP contribution in [0.3, 0.4) is 0 Å². The van der Waals surface area contributed by atoms with Crippen molar-refractivity contribution >= 4 is 26.4 Å². The summed E-state index contributed by atoms with van der Waals surface area (Å²) >= 11 is -0.283. The summed E-state index contributed by atoms with van der Waals surface area (Å²) < 4.78 is 11.3. The predicted octanol–water partition coefficient (Wildman–Crippen LogP) is -1.26. The van der Waals surface area contributed by atoms with Gasteiger partial charge in [-0.1, -0.05) is 0 Å². The molecular formula is C13H18N2O6Se. The minimum absolute atomic E-state index is 0.138. The summed E-state index contributed by atoms with van der Waals surface area (Å²) in [7, 11) is 0. The summed E-state index contributed by atoms with van der Waals surface area (Å²) in [6.07, 6.45) is -2.89. The van der Waals surface area contributed by atoms with Gasteiger partial charge in [0.1, 0.15) is 0 Å². The van der Waals surface area contributed by atoms with Crippen molar-refractivity contribution in [2.45, 2.75) is 44.2 Å². The molecule has 4 N–H and O–H groups in total. The summed E-state index contributed by atoms with van der Waals surface area (Å²) in [6.45, 7) is 1.43. The van der Waals surface area contributed by atoms with Crippen molar-refractivity contribution in [3.05, 3.63) is 15.2 Å². The second kappa shape index (κ2) is 7.34. The zero-order valence-electron chi connectivity index (χ0n) is 12.0. The van der Waals surface area contributed by atoms with Crippen molar-refractivity contribution in [1.82, 2.24) is 4.98 Å². The first-order valence-electron chi connectivity index (χ1n) is 6.87. The SMILES string of the molecule is CCCC(=O)O[C@@H]1[C@H](O)[C@@H](CO)O[C@H]1c1nc(C(N)=O)c[se]1. The summed E-state index contributed by atoms with van der Waals surface area (Å²) in [5.41, 5.74) is 5.31. The first-order chi connectivity index (χ1) is 10.5. The summed E-state index contributed by atoms with van der Waals surface area (Å²) in [5.74, 6) is -1.10. The third kappa shape index (κ3) is 3.56. The Labute approximate surface area is 133 Å². The van der Waals surface area contributed by atoms with Crippen molar-refractivity contribution in [2.75, 3.05) is 6.61 Å². The Morgan fingerprint density at radius 1 is 1.55 bits per heavy atom. The number of hydrogen-bond donors (Lipinski definition) is 3. The molecule has 1 aliphatic rings. The molecule has 4 atom stereocenters. The van der Waals surface area contributed by atoms with E-state index in [0.717, 1.165) is 0 Å². The van der Waals surface area contributed by atoms with Crippen LogP contribution in [0.2, 0.25) is 0 Å². The van der Waals surface area contributed by atoms with Gasteiger partial charge in [0.05, 0.1) is 0 Å². The van der Waals surface area contributed by atoms with Crippen LogP contribution < -0.4 is 5.73 Å². The van der Waals surface area contributed by atoms with Crippen LogP contribution in [0.15, 0.2) is 4.94 Å². The van der Waals surface area contributed by atoms with E-state index in [1.807, 2.05) is 6.92 Å². The summed E-state index contributed by atoms with van der Waals surface area (Å²) in [4.78, 5) is 28.5. The van der Waals surface area contributed by atoms with Crippen LogP contribution in [0.1, 0.15) is 40.9 Å². The molecule has 2 rings (SSSR count). The molecule has 0 aliphatic carbocycles. The van der Waals surface area contributed by atoms with E-state index in [4.69, 9.17) is 15.2 Å². The molecule has 0 saturated carbocycles. The second-order valence-corrected chi connectivity index (χ2v) is 6.77. The summed E-state index contributed by atoms with van der Waals surface area (Å²) in [6, 6.07) is 0. The van der Waals surface area contributed by atoms with Crippen LogP contribution in [0.25, 0.3) is 0 Å². The molecule has 1 aromatic rings. The van der Waals surface area contributed by atoms with Gasteiger partial charge in [-0.3, -0.25) is 0 Å².